The molecule has 1 rings (SSSR count). The number of benzene rings is 1. The van der Waals surface area contributed by atoms with Crippen molar-refractivity contribution in [2.24, 2.45) is 0 Å². The molecule has 0 saturated carbocycles. The van der Waals surface area contributed by atoms with Crippen LogP contribution in [0, 0.1) is 10.1 Å². The van der Waals surface area contributed by atoms with Gasteiger partial charge in [0.05, 0.1) is 17.4 Å². The summed E-state index contributed by atoms with van der Waals surface area (Å²) >= 11 is 0. The minimum absolute atomic E-state index is 0.116. The molecule has 1 amide bonds. The number of nitro benzene ring substituents is 1. The predicted molar refractivity (Wildman–Crippen MR) is 77.5 cm³/mol. The Morgan fingerprint density at radius 1 is 1.32 bits per heavy atom. The van der Waals surface area contributed by atoms with Crippen molar-refractivity contribution in [2.45, 2.75) is 38.8 Å². The Morgan fingerprint density at radius 2 is 1.86 bits per heavy atom. The third-order valence-corrected chi connectivity index (χ3v) is 2.58. The van der Waals surface area contributed by atoms with E-state index in [-0.39, 0.29) is 12.1 Å². The van der Waals surface area contributed by atoms with E-state index in [1.54, 1.807) is 20.8 Å². The van der Waals surface area contributed by atoms with Crippen molar-refractivity contribution in [1.82, 2.24) is 5.32 Å². The average Bonchev–Trinajstić information content (AvgIpc) is 2.35. The molecule has 120 valence electrons. The van der Waals surface area contributed by atoms with Gasteiger partial charge in [-0.25, -0.2) is 4.79 Å². The maximum absolute atomic E-state index is 11.8. The standard InChI is InChI=1S/C14H18N2O6/c1-14(2,3)22-13(19)15-11(8-12(17)18)9-4-6-10(7-5-9)16(20)21/h4-7,11H,8H2,1-3H3,(H,15,19)(H,17,18)/t11-/m1/s1. The number of rotatable bonds is 5. The molecule has 8 heteroatoms. The summed E-state index contributed by atoms with van der Waals surface area (Å²) in [7, 11) is 0. The van der Waals surface area contributed by atoms with Crippen molar-refractivity contribution in [3.63, 3.8) is 0 Å². The van der Waals surface area contributed by atoms with E-state index in [9.17, 15) is 19.7 Å². The van der Waals surface area contributed by atoms with Gasteiger partial charge in [-0.05, 0) is 26.3 Å². The quantitative estimate of drug-likeness (QED) is 0.637. The van der Waals surface area contributed by atoms with Crippen LogP contribution in [0.2, 0.25) is 0 Å². The molecule has 0 aliphatic heterocycles. The molecule has 0 aliphatic carbocycles. The second-order valence-electron chi connectivity index (χ2n) is 5.65. The van der Waals surface area contributed by atoms with Gasteiger partial charge in [-0.3, -0.25) is 14.9 Å². The number of alkyl carbamates (subject to hydrolysis) is 1. The van der Waals surface area contributed by atoms with Crippen LogP contribution in [0.3, 0.4) is 0 Å². The number of aliphatic carboxylic acids is 1. The van der Waals surface area contributed by atoms with Crippen molar-refractivity contribution >= 4 is 17.7 Å². The molecule has 0 saturated heterocycles. The summed E-state index contributed by atoms with van der Waals surface area (Å²) in [5.74, 6) is -1.11. The number of carboxylic acids is 1. The van der Waals surface area contributed by atoms with Crippen LogP contribution in [0.5, 0.6) is 0 Å². The lowest BCUT2D eigenvalue weighted by atomic mass is 10.0. The fourth-order valence-corrected chi connectivity index (χ4v) is 1.70. The monoisotopic (exact) mass is 310 g/mol. The van der Waals surface area contributed by atoms with E-state index in [0.29, 0.717) is 5.56 Å². The van der Waals surface area contributed by atoms with Crippen molar-refractivity contribution in [2.75, 3.05) is 0 Å². The molecule has 0 unspecified atom stereocenters. The molecule has 1 aromatic rings. The summed E-state index contributed by atoms with van der Waals surface area (Å²) in [6, 6.07) is 4.47. The molecular weight excluding hydrogens is 292 g/mol. The SMILES string of the molecule is CC(C)(C)OC(=O)N[C@H](CC(=O)O)c1ccc([N+](=O)[O-])cc1. The fourth-order valence-electron chi connectivity index (χ4n) is 1.70. The first kappa shape index (κ1) is 17.4. The molecule has 2 N–H and O–H groups in total. The van der Waals surface area contributed by atoms with Gasteiger partial charge >= 0.3 is 12.1 Å². The zero-order valence-corrected chi connectivity index (χ0v) is 12.5. The smallest absolute Gasteiger partial charge is 0.408 e. The lowest BCUT2D eigenvalue weighted by Gasteiger charge is -2.23. The Bertz CT molecular complexity index is 562. The summed E-state index contributed by atoms with van der Waals surface area (Å²) < 4.78 is 5.08. The number of carbonyl (C=O) groups excluding carboxylic acids is 1. The minimum Gasteiger partial charge on any atom is -0.481 e. The first-order valence-electron chi connectivity index (χ1n) is 6.54. The highest BCUT2D eigenvalue weighted by Crippen LogP contribution is 2.21. The number of hydrogen-bond donors (Lipinski definition) is 2. The predicted octanol–water partition coefficient (Wildman–Crippen LogP) is 2.64. The second-order valence-corrected chi connectivity index (χ2v) is 5.65. The highest BCUT2D eigenvalue weighted by molar-refractivity contribution is 5.72. The maximum atomic E-state index is 11.8. The highest BCUT2D eigenvalue weighted by Gasteiger charge is 2.22. The van der Waals surface area contributed by atoms with Crippen LogP contribution in [0.1, 0.15) is 38.8 Å². The van der Waals surface area contributed by atoms with Crippen molar-refractivity contribution in [3.8, 4) is 0 Å². The fraction of sp³-hybridized carbons (Fsp3) is 0.429. The topological polar surface area (TPSA) is 119 Å². The Hall–Kier alpha value is -2.64. The van der Waals surface area contributed by atoms with Crippen LogP contribution in [0.15, 0.2) is 24.3 Å². The Labute approximate surface area is 127 Å². The molecule has 0 bridgehead atoms. The third-order valence-electron chi connectivity index (χ3n) is 2.58. The van der Waals surface area contributed by atoms with Crippen LogP contribution >= 0.6 is 0 Å². The van der Waals surface area contributed by atoms with Crippen molar-refractivity contribution in [1.29, 1.82) is 0 Å². The number of carbonyl (C=O) groups is 2. The van der Waals surface area contributed by atoms with E-state index in [2.05, 4.69) is 5.32 Å². The highest BCUT2D eigenvalue weighted by atomic mass is 16.6. The molecule has 22 heavy (non-hydrogen) atoms. The first-order chi connectivity index (χ1) is 10.1. The lowest BCUT2D eigenvalue weighted by molar-refractivity contribution is -0.384. The number of carboxylic acid groups (broad SMARTS) is 1. The number of ether oxygens (including phenoxy) is 1. The van der Waals surface area contributed by atoms with Gasteiger partial charge in [0.1, 0.15) is 5.60 Å². The summed E-state index contributed by atoms with van der Waals surface area (Å²) in [4.78, 5) is 32.7. The van der Waals surface area contributed by atoms with Gasteiger partial charge in [-0.2, -0.15) is 0 Å². The summed E-state index contributed by atoms with van der Waals surface area (Å²) in [5.41, 5.74) is -0.387. The Balaban J connectivity index is 2.90. The molecule has 0 fully saturated rings. The van der Waals surface area contributed by atoms with Gasteiger partial charge in [0.15, 0.2) is 0 Å². The molecule has 8 nitrogen and oxygen atoms in total. The first-order valence-corrected chi connectivity index (χ1v) is 6.54. The summed E-state index contributed by atoms with van der Waals surface area (Å²) in [6.45, 7) is 5.06. The molecule has 0 radical (unpaired) electrons. The molecule has 0 aromatic heterocycles. The molecule has 0 aliphatic rings. The van der Waals surface area contributed by atoms with Gasteiger partial charge in [-0.1, -0.05) is 12.1 Å². The van der Waals surface area contributed by atoms with Crippen LogP contribution in [-0.2, 0) is 9.53 Å². The van der Waals surface area contributed by atoms with Crippen molar-refractivity contribution < 1.29 is 24.4 Å². The molecule has 0 spiro atoms. The summed E-state index contributed by atoms with van der Waals surface area (Å²) in [5, 5.41) is 22.0. The Kier molecular flexibility index (Phi) is 5.44. The third kappa shape index (κ3) is 5.78. The van der Waals surface area contributed by atoms with Crippen LogP contribution in [-0.4, -0.2) is 27.7 Å². The maximum Gasteiger partial charge on any atom is 0.408 e. The van der Waals surface area contributed by atoms with E-state index < -0.39 is 28.6 Å². The van der Waals surface area contributed by atoms with E-state index in [0.717, 1.165) is 0 Å². The van der Waals surface area contributed by atoms with Crippen LogP contribution in [0.4, 0.5) is 10.5 Å². The van der Waals surface area contributed by atoms with E-state index in [4.69, 9.17) is 9.84 Å². The number of amides is 1. The van der Waals surface area contributed by atoms with Gasteiger partial charge in [-0.15, -0.1) is 0 Å². The van der Waals surface area contributed by atoms with Crippen LogP contribution in [0.25, 0.3) is 0 Å². The molecular formula is C14H18N2O6. The zero-order valence-electron chi connectivity index (χ0n) is 12.5. The Morgan fingerprint density at radius 3 is 2.27 bits per heavy atom. The average molecular weight is 310 g/mol. The number of hydrogen-bond acceptors (Lipinski definition) is 5. The summed E-state index contributed by atoms with van der Waals surface area (Å²) in [6.07, 6.45) is -1.12. The lowest BCUT2D eigenvalue weighted by Crippen LogP contribution is -2.35. The van der Waals surface area contributed by atoms with E-state index >= 15 is 0 Å². The van der Waals surface area contributed by atoms with Gasteiger partial charge in [0.2, 0.25) is 0 Å². The van der Waals surface area contributed by atoms with E-state index in [1.807, 2.05) is 0 Å². The number of nitrogens with zero attached hydrogens (tertiary/aromatic N) is 1. The minimum atomic E-state index is -1.11. The largest absolute Gasteiger partial charge is 0.481 e. The van der Waals surface area contributed by atoms with Crippen LogP contribution < -0.4 is 5.32 Å². The number of nitrogens with one attached hydrogen (secondary N) is 1. The van der Waals surface area contributed by atoms with Gasteiger partial charge in [0.25, 0.3) is 5.69 Å². The van der Waals surface area contributed by atoms with Gasteiger partial charge < -0.3 is 15.2 Å². The van der Waals surface area contributed by atoms with Gasteiger partial charge in [0, 0.05) is 12.1 Å². The zero-order chi connectivity index (χ0) is 16.9. The molecule has 1 aromatic carbocycles. The molecule has 1 atom stereocenters. The van der Waals surface area contributed by atoms with E-state index in [1.165, 1.54) is 24.3 Å². The second kappa shape index (κ2) is 6.88. The van der Waals surface area contributed by atoms with Crippen molar-refractivity contribution in [3.05, 3.63) is 39.9 Å². The number of non-ortho nitro benzene ring substituents is 1. The number of nitro groups is 1. The molecule has 0 heterocycles. The normalized spacial score (nSPS) is 12.3.